The first-order chi connectivity index (χ1) is 9.36. The number of thiazole rings is 1. The highest BCUT2D eigenvalue weighted by Gasteiger charge is 2.13. The quantitative estimate of drug-likeness (QED) is 0.734. The average Bonchev–Trinajstić information content (AvgIpc) is 2.88. The van der Waals surface area contributed by atoms with Crippen molar-refractivity contribution in [1.82, 2.24) is 4.98 Å². The Kier molecular flexibility index (Phi) is 3.82. The van der Waals surface area contributed by atoms with Gasteiger partial charge in [0.25, 0.3) is 0 Å². The van der Waals surface area contributed by atoms with Gasteiger partial charge in [-0.25, -0.2) is 4.98 Å². The Balaban J connectivity index is 1.86. The van der Waals surface area contributed by atoms with Crippen molar-refractivity contribution in [1.29, 1.82) is 0 Å². The normalized spacial score (nSPS) is 12.7. The molecule has 3 rings (SSSR count). The molecule has 2 aromatic carbocycles. The molecule has 0 radical (unpaired) electrons. The SMILES string of the molecule is NCC(Sc1nc2ccccc2s1)c1ccccc1. The summed E-state index contributed by atoms with van der Waals surface area (Å²) in [6.45, 7) is 0.616. The molecule has 1 aromatic heterocycles. The molecule has 0 fully saturated rings. The fourth-order valence-electron chi connectivity index (χ4n) is 1.94. The van der Waals surface area contributed by atoms with Crippen molar-refractivity contribution in [2.75, 3.05) is 6.54 Å². The largest absolute Gasteiger partial charge is 0.329 e. The number of aromatic nitrogens is 1. The smallest absolute Gasteiger partial charge is 0.151 e. The zero-order valence-corrected chi connectivity index (χ0v) is 12.0. The van der Waals surface area contributed by atoms with Gasteiger partial charge in [0.15, 0.2) is 4.34 Å². The molecule has 96 valence electrons. The Hall–Kier alpha value is -1.36. The lowest BCUT2D eigenvalue weighted by atomic mass is 10.1. The minimum absolute atomic E-state index is 0.266. The van der Waals surface area contributed by atoms with Crippen LogP contribution in [0.1, 0.15) is 10.8 Å². The number of benzene rings is 2. The topological polar surface area (TPSA) is 38.9 Å². The molecule has 2 nitrogen and oxygen atoms in total. The van der Waals surface area contributed by atoms with Crippen LogP contribution < -0.4 is 5.73 Å². The molecule has 1 atom stereocenters. The summed E-state index contributed by atoms with van der Waals surface area (Å²) in [6.07, 6.45) is 0. The highest BCUT2D eigenvalue weighted by atomic mass is 32.2. The number of fused-ring (bicyclic) bond motifs is 1. The lowest BCUT2D eigenvalue weighted by Crippen LogP contribution is -2.08. The van der Waals surface area contributed by atoms with Gasteiger partial charge in [0.05, 0.1) is 10.2 Å². The molecule has 2 N–H and O–H groups in total. The monoisotopic (exact) mass is 286 g/mol. The van der Waals surface area contributed by atoms with E-state index in [1.807, 2.05) is 18.2 Å². The number of rotatable bonds is 4. The van der Waals surface area contributed by atoms with Gasteiger partial charge in [0, 0.05) is 11.8 Å². The van der Waals surface area contributed by atoms with Crippen molar-refractivity contribution in [3.63, 3.8) is 0 Å². The first-order valence-corrected chi connectivity index (χ1v) is 7.83. The average molecular weight is 286 g/mol. The Bertz CT molecular complexity index is 631. The van der Waals surface area contributed by atoms with Crippen LogP contribution in [0.5, 0.6) is 0 Å². The van der Waals surface area contributed by atoms with Gasteiger partial charge in [-0.2, -0.15) is 0 Å². The van der Waals surface area contributed by atoms with Gasteiger partial charge < -0.3 is 5.73 Å². The van der Waals surface area contributed by atoms with Gasteiger partial charge >= 0.3 is 0 Å². The fraction of sp³-hybridized carbons (Fsp3) is 0.133. The minimum atomic E-state index is 0.266. The van der Waals surface area contributed by atoms with E-state index in [2.05, 4.69) is 41.4 Å². The summed E-state index contributed by atoms with van der Waals surface area (Å²) >= 11 is 3.48. The van der Waals surface area contributed by atoms with E-state index in [1.54, 1.807) is 23.1 Å². The molecular formula is C15H14N2S2. The summed E-state index contributed by atoms with van der Waals surface area (Å²) < 4.78 is 2.31. The van der Waals surface area contributed by atoms with Crippen LogP contribution in [0.25, 0.3) is 10.2 Å². The minimum Gasteiger partial charge on any atom is -0.329 e. The summed E-state index contributed by atoms with van der Waals surface area (Å²) in [5.41, 5.74) is 8.23. The predicted octanol–water partition coefficient (Wildman–Crippen LogP) is 4.09. The fourth-order valence-corrected chi connectivity index (χ4v) is 4.23. The molecule has 1 unspecified atom stereocenters. The second-order valence-electron chi connectivity index (χ2n) is 4.20. The molecule has 0 bridgehead atoms. The molecule has 19 heavy (non-hydrogen) atoms. The standard InChI is InChI=1S/C15H14N2S2/c16-10-14(11-6-2-1-3-7-11)19-15-17-12-8-4-5-9-13(12)18-15/h1-9,14H,10,16H2. The highest BCUT2D eigenvalue weighted by Crippen LogP contribution is 2.38. The molecule has 0 saturated carbocycles. The number of nitrogens with two attached hydrogens (primary N) is 1. The van der Waals surface area contributed by atoms with E-state index in [1.165, 1.54) is 10.3 Å². The van der Waals surface area contributed by atoms with E-state index in [-0.39, 0.29) is 5.25 Å². The van der Waals surface area contributed by atoms with Crippen LogP contribution in [0.15, 0.2) is 58.9 Å². The van der Waals surface area contributed by atoms with Crippen molar-refractivity contribution in [3.8, 4) is 0 Å². The molecule has 0 amide bonds. The van der Waals surface area contributed by atoms with Crippen molar-refractivity contribution < 1.29 is 0 Å². The molecule has 0 aliphatic rings. The third-order valence-electron chi connectivity index (χ3n) is 2.90. The van der Waals surface area contributed by atoms with E-state index in [0.717, 1.165) is 9.86 Å². The zero-order valence-electron chi connectivity index (χ0n) is 10.3. The highest BCUT2D eigenvalue weighted by molar-refractivity contribution is 8.01. The first-order valence-electron chi connectivity index (χ1n) is 6.14. The van der Waals surface area contributed by atoms with Gasteiger partial charge in [-0.15, -0.1) is 11.3 Å². The number of thioether (sulfide) groups is 1. The number of hydrogen-bond donors (Lipinski definition) is 1. The number of hydrogen-bond acceptors (Lipinski definition) is 4. The van der Waals surface area contributed by atoms with Crippen LogP contribution in [-0.2, 0) is 0 Å². The van der Waals surface area contributed by atoms with E-state index >= 15 is 0 Å². The second-order valence-corrected chi connectivity index (χ2v) is 6.68. The molecule has 0 saturated heterocycles. The maximum atomic E-state index is 5.90. The molecule has 0 aliphatic carbocycles. The third kappa shape index (κ3) is 2.81. The van der Waals surface area contributed by atoms with Crippen molar-refractivity contribution in [2.24, 2.45) is 5.73 Å². The van der Waals surface area contributed by atoms with Gasteiger partial charge in [-0.05, 0) is 17.7 Å². The summed E-state index contributed by atoms with van der Waals surface area (Å²) in [7, 11) is 0. The third-order valence-corrected chi connectivity index (χ3v) is 5.31. The van der Waals surface area contributed by atoms with E-state index in [0.29, 0.717) is 6.54 Å². The van der Waals surface area contributed by atoms with Crippen LogP contribution in [0.2, 0.25) is 0 Å². The van der Waals surface area contributed by atoms with E-state index < -0.39 is 0 Å². The lowest BCUT2D eigenvalue weighted by molar-refractivity contribution is 0.940. The van der Waals surface area contributed by atoms with Crippen LogP contribution in [0.4, 0.5) is 0 Å². The number of nitrogens with zero attached hydrogens (tertiary/aromatic N) is 1. The lowest BCUT2D eigenvalue weighted by Gasteiger charge is -2.12. The van der Waals surface area contributed by atoms with Crippen LogP contribution in [0, 0.1) is 0 Å². The van der Waals surface area contributed by atoms with Gasteiger partial charge in [0.1, 0.15) is 0 Å². The Labute approximate surface area is 120 Å². The molecular weight excluding hydrogens is 272 g/mol. The predicted molar refractivity (Wildman–Crippen MR) is 83.7 cm³/mol. The molecule has 0 spiro atoms. The number of para-hydroxylation sites is 1. The van der Waals surface area contributed by atoms with Gasteiger partial charge in [0.2, 0.25) is 0 Å². The Morgan fingerprint density at radius 2 is 1.79 bits per heavy atom. The maximum absolute atomic E-state index is 5.90. The zero-order chi connectivity index (χ0) is 13.1. The van der Waals surface area contributed by atoms with Crippen LogP contribution in [0.3, 0.4) is 0 Å². The molecule has 3 aromatic rings. The Morgan fingerprint density at radius 3 is 2.53 bits per heavy atom. The van der Waals surface area contributed by atoms with Crippen LogP contribution >= 0.6 is 23.1 Å². The van der Waals surface area contributed by atoms with Crippen molar-refractivity contribution in [3.05, 3.63) is 60.2 Å². The van der Waals surface area contributed by atoms with Gasteiger partial charge in [-0.1, -0.05) is 54.2 Å². The summed E-state index contributed by atoms with van der Waals surface area (Å²) in [5.74, 6) is 0. The second kappa shape index (κ2) is 5.74. The molecule has 0 aliphatic heterocycles. The summed E-state index contributed by atoms with van der Waals surface area (Å²) in [5, 5.41) is 0.266. The Morgan fingerprint density at radius 1 is 1.05 bits per heavy atom. The molecule has 4 heteroatoms. The van der Waals surface area contributed by atoms with Crippen LogP contribution in [-0.4, -0.2) is 11.5 Å². The molecule has 1 heterocycles. The van der Waals surface area contributed by atoms with Gasteiger partial charge in [-0.3, -0.25) is 0 Å². The van der Waals surface area contributed by atoms with Crippen molar-refractivity contribution in [2.45, 2.75) is 9.59 Å². The first kappa shape index (κ1) is 12.7. The van der Waals surface area contributed by atoms with Crippen molar-refractivity contribution >= 4 is 33.3 Å². The maximum Gasteiger partial charge on any atom is 0.151 e. The van der Waals surface area contributed by atoms with E-state index in [9.17, 15) is 0 Å². The summed E-state index contributed by atoms with van der Waals surface area (Å²) in [4.78, 5) is 4.65. The van der Waals surface area contributed by atoms with E-state index in [4.69, 9.17) is 5.73 Å². The summed E-state index contributed by atoms with van der Waals surface area (Å²) in [6, 6.07) is 18.6.